The maximum atomic E-state index is 4.43. The molecule has 0 amide bonds. The van der Waals surface area contributed by atoms with Gasteiger partial charge in [0, 0.05) is 31.6 Å². The van der Waals surface area contributed by atoms with Gasteiger partial charge in [-0.15, -0.1) is 0 Å². The molecule has 92 valence electrons. The van der Waals surface area contributed by atoms with Gasteiger partial charge < -0.3 is 10.2 Å². The normalized spacial score (nSPS) is 15.9. The number of nitrogens with zero attached hydrogens (tertiary/aromatic N) is 3. The highest BCUT2D eigenvalue weighted by Gasteiger charge is 2.17. The summed E-state index contributed by atoms with van der Waals surface area (Å²) in [5.74, 6) is 0. The van der Waals surface area contributed by atoms with Crippen LogP contribution in [0.2, 0.25) is 0 Å². The number of hydrogen-bond acceptors (Lipinski definition) is 4. The molecule has 3 rings (SSSR count). The van der Waals surface area contributed by atoms with Crippen molar-refractivity contribution in [1.82, 2.24) is 10.3 Å². The number of hydrogen-bond donors (Lipinski definition) is 1. The fraction of sp³-hybridized carbons (Fsp3) is 0.286. The fourth-order valence-electron chi connectivity index (χ4n) is 2.45. The molecule has 2 aromatic rings. The average molecular weight is 240 g/mol. The highest BCUT2D eigenvalue weighted by Crippen LogP contribution is 2.34. The van der Waals surface area contributed by atoms with Crippen LogP contribution in [0, 0.1) is 0 Å². The summed E-state index contributed by atoms with van der Waals surface area (Å²) in [6.07, 6.45) is 1.81. The highest BCUT2D eigenvalue weighted by atomic mass is 15.2. The fourth-order valence-corrected chi connectivity index (χ4v) is 2.45. The van der Waals surface area contributed by atoms with Crippen molar-refractivity contribution in [2.45, 2.75) is 0 Å². The summed E-state index contributed by atoms with van der Waals surface area (Å²) in [7, 11) is 0. The Morgan fingerprint density at radius 2 is 2.00 bits per heavy atom. The van der Waals surface area contributed by atoms with Gasteiger partial charge in [-0.2, -0.15) is 0 Å². The molecular formula is C14H16N4. The smallest absolute Gasteiger partial charge is 0.104 e. The van der Waals surface area contributed by atoms with E-state index < -0.39 is 0 Å². The van der Waals surface area contributed by atoms with E-state index >= 15 is 0 Å². The number of benzene rings is 1. The van der Waals surface area contributed by atoms with Crippen LogP contribution in [0.3, 0.4) is 0 Å². The first kappa shape index (κ1) is 11.2. The van der Waals surface area contributed by atoms with Gasteiger partial charge in [0.15, 0.2) is 0 Å². The maximum Gasteiger partial charge on any atom is 0.104 e. The minimum absolute atomic E-state index is 0.871. The minimum Gasteiger partial charge on any atom is -0.367 e. The molecule has 1 fully saturated rings. The largest absolute Gasteiger partial charge is 0.367 e. The van der Waals surface area contributed by atoms with Gasteiger partial charge in [-0.05, 0) is 12.8 Å². The van der Waals surface area contributed by atoms with Crippen molar-refractivity contribution in [2.24, 2.45) is 4.99 Å². The van der Waals surface area contributed by atoms with E-state index in [9.17, 15) is 0 Å². The SMILES string of the molecule is C=Nc1cnc2ccccc2c1N1CCNCC1. The van der Waals surface area contributed by atoms with Crippen LogP contribution in [0.4, 0.5) is 11.4 Å². The second-order valence-electron chi connectivity index (χ2n) is 4.40. The molecule has 1 aromatic carbocycles. The lowest BCUT2D eigenvalue weighted by Crippen LogP contribution is -2.43. The predicted molar refractivity (Wildman–Crippen MR) is 76.0 cm³/mol. The lowest BCUT2D eigenvalue weighted by atomic mass is 10.1. The van der Waals surface area contributed by atoms with Gasteiger partial charge in [-0.25, -0.2) is 0 Å². The van der Waals surface area contributed by atoms with E-state index in [0.29, 0.717) is 0 Å². The number of para-hydroxylation sites is 1. The van der Waals surface area contributed by atoms with Crippen LogP contribution >= 0.6 is 0 Å². The lowest BCUT2D eigenvalue weighted by molar-refractivity contribution is 0.590. The number of rotatable bonds is 2. The Hall–Kier alpha value is -1.94. The Bertz CT molecular complexity index is 573. The summed E-state index contributed by atoms with van der Waals surface area (Å²) in [5, 5.41) is 4.52. The van der Waals surface area contributed by atoms with Crippen LogP contribution in [0.25, 0.3) is 10.9 Å². The molecule has 1 aromatic heterocycles. The van der Waals surface area contributed by atoms with Crippen molar-refractivity contribution in [3.8, 4) is 0 Å². The lowest BCUT2D eigenvalue weighted by Gasteiger charge is -2.31. The van der Waals surface area contributed by atoms with Crippen LogP contribution in [-0.2, 0) is 0 Å². The summed E-state index contributed by atoms with van der Waals surface area (Å²) in [6, 6.07) is 8.20. The number of piperazine rings is 1. The first-order valence-electron chi connectivity index (χ1n) is 6.20. The molecule has 0 saturated carbocycles. The van der Waals surface area contributed by atoms with E-state index in [0.717, 1.165) is 48.5 Å². The number of fused-ring (bicyclic) bond motifs is 1. The van der Waals surface area contributed by atoms with Crippen LogP contribution in [0.1, 0.15) is 0 Å². The van der Waals surface area contributed by atoms with Crippen molar-refractivity contribution < 1.29 is 0 Å². The maximum absolute atomic E-state index is 4.43. The van der Waals surface area contributed by atoms with Crippen molar-refractivity contribution in [3.05, 3.63) is 30.5 Å². The quantitative estimate of drug-likeness (QED) is 0.816. The van der Waals surface area contributed by atoms with Crippen LogP contribution in [-0.4, -0.2) is 37.9 Å². The third-order valence-electron chi connectivity index (χ3n) is 3.33. The Morgan fingerprint density at radius 3 is 2.78 bits per heavy atom. The molecule has 0 spiro atoms. The molecule has 0 radical (unpaired) electrons. The summed E-state index contributed by atoms with van der Waals surface area (Å²) >= 11 is 0. The molecule has 4 nitrogen and oxygen atoms in total. The third-order valence-corrected chi connectivity index (χ3v) is 3.33. The topological polar surface area (TPSA) is 40.5 Å². The van der Waals surface area contributed by atoms with E-state index in [1.165, 1.54) is 0 Å². The first-order valence-corrected chi connectivity index (χ1v) is 6.20. The van der Waals surface area contributed by atoms with E-state index in [1.807, 2.05) is 24.4 Å². The van der Waals surface area contributed by atoms with E-state index in [1.54, 1.807) is 0 Å². The van der Waals surface area contributed by atoms with Gasteiger partial charge in [-0.3, -0.25) is 9.98 Å². The van der Waals surface area contributed by atoms with Gasteiger partial charge >= 0.3 is 0 Å². The summed E-state index contributed by atoms with van der Waals surface area (Å²) in [5.41, 5.74) is 3.05. The first-order chi connectivity index (χ1) is 8.90. The van der Waals surface area contributed by atoms with Gasteiger partial charge in [0.25, 0.3) is 0 Å². The molecule has 1 aliphatic rings. The van der Waals surface area contributed by atoms with Gasteiger partial charge in [0.1, 0.15) is 5.69 Å². The average Bonchev–Trinajstić information content (AvgIpc) is 2.47. The second-order valence-corrected chi connectivity index (χ2v) is 4.40. The van der Waals surface area contributed by atoms with E-state index in [2.05, 4.69) is 33.0 Å². The number of aromatic nitrogens is 1. The monoisotopic (exact) mass is 240 g/mol. The zero-order valence-corrected chi connectivity index (χ0v) is 10.3. The molecule has 18 heavy (non-hydrogen) atoms. The van der Waals surface area contributed by atoms with Gasteiger partial charge in [-0.1, -0.05) is 18.2 Å². The number of anilines is 1. The van der Waals surface area contributed by atoms with Crippen molar-refractivity contribution in [3.63, 3.8) is 0 Å². The predicted octanol–water partition coefficient (Wildman–Crippen LogP) is 1.98. The molecular weight excluding hydrogens is 224 g/mol. The summed E-state index contributed by atoms with van der Waals surface area (Å²) in [4.78, 5) is 10.9. The standard InChI is InChI=1S/C14H16N4/c1-15-13-10-17-12-5-3-2-4-11(12)14(13)18-8-6-16-7-9-18/h2-5,10,16H,1,6-9H2. The molecule has 0 atom stereocenters. The number of aliphatic imine (C=N–C) groups is 1. The van der Waals surface area contributed by atoms with E-state index in [4.69, 9.17) is 0 Å². The number of nitrogens with one attached hydrogen (secondary N) is 1. The molecule has 2 heterocycles. The minimum atomic E-state index is 0.871. The molecule has 0 unspecified atom stereocenters. The molecule has 1 aliphatic heterocycles. The van der Waals surface area contributed by atoms with Crippen LogP contribution in [0.15, 0.2) is 35.5 Å². The second kappa shape index (κ2) is 4.74. The Balaban J connectivity index is 2.19. The molecule has 0 aliphatic carbocycles. The Kier molecular flexibility index (Phi) is 2.94. The Morgan fingerprint density at radius 1 is 1.22 bits per heavy atom. The van der Waals surface area contributed by atoms with Crippen LogP contribution in [0.5, 0.6) is 0 Å². The van der Waals surface area contributed by atoms with Crippen molar-refractivity contribution >= 4 is 29.0 Å². The van der Waals surface area contributed by atoms with Gasteiger partial charge in [0.2, 0.25) is 0 Å². The van der Waals surface area contributed by atoms with Gasteiger partial charge in [0.05, 0.1) is 17.4 Å². The van der Waals surface area contributed by atoms with Crippen LogP contribution < -0.4 is 10.2 Å². The summed E-state index contributed by atoms with van der Waals surface area (Å²) in [6.45, 7) is 7.67. The molecule has 1 saturated heterocycles. The van der Waals surface area contributed by atoms with E-state index in [-0.39, 0.29) is 0 Å². The highest BCUT2D eigenvalue weighted by molar-refractivity contribution is 5.97. The zero-order chi connectivity index (χ0) is 12.4. The molecule has 1 N–H and O–H groups in total. The summed E-state index contributed by atoms with van der Waals surface area (Å²) < 4.78 is 0. The third kappa shape index (κ3) is 1.84. The zero-order valence-electron chi connectivity index (χ0n) is 10.3. The van der Waals surface area contributed by atoms with Crippen molar-refractivity contribution in [1.29, 1.82) is 0 Å². The molecule has 0 bridgehead atoms. The molecule has 4 heteroatoms. The van der Waals surface area contributed by atoms with Crippen molar-refractivity contribution in [2.75, 3.05) is 31.1 Å². The number of pyridine rings is 1. The Labute approximate surface area is 106 Å².